The maximum Gasteiger partial charge on any atom is 0.0605 e. The fourth-order valence-electron chi connectivity index (χ4n) is 2.68. The molecule has 1 aliphatic rings. The predicted molar refractivity (Wildman–Crippen MR) is 80.9 cm³/mol. The van der Waals surface area contributed by atoms with Crippen molar-refractivity contribution in [3.05, 3.63) is 63.9 Å². The molecule has 3 heteroatoms. The molecule has 3 rings (SSSR count). The lowest BCUT2D eigenvalue weighted by Gasteiger charge is -2.25. The van der Waals surface area contributed by atoms with E-state index in [0.29, 0.717) is 6.04 Å². The SMILES string of the molecule is Brc1ccccc1CNC1CCCc2cccnc21. The largest absolute Gasteiger partial charge is 0.304 e. The topological polar surface area (TPSA) is 24.9 Å². The van der Waals surface area contributed by atoms with Gasteiger partial charge < -0.3 is 5.32 Å². The van der Waals surface area contributed by atoms with Gasteiger partial charge in [0.25, 0.3) is 0 Å². The molecule has 1 N–H and O–H groups in total. The summed E-state index contributed by atoms with van der Waals surface area (Å²) >= 11 is 3.60. The highest BCUT2D eigenvalue weighted by Crippen LogP contribution is 2.28. The number of benzene rings is 1. The van der Waals surface area contributed by atoms with Crippen molar-refractivity contribution < 1.29 is 0 Å². The molecule has 1 aromatic carbocycles. The Morgan fingerprint density at radius 3 is 3.00 bits per heavy atom. The summed E-state index contributed by atoms with van der Waals surface area (Å²) in [5.41, 5.74) is 3.93. The van der Waals surface area contributed by atoms with Crippen molar-refractivity contribution in [1.82, 2.24) is 10.3 Å². The number of fused-ring (bicyclic) bond motifs is 1. The van der Waals surface area contributed by atoms with Gasteiger partial charge >= 0.3 is 0 Å². The standard InChI is InChI=1S/C16H17BrN2/c17-14-8-2-1-5-13(14)11-19-15-9-3-6-12-7-4-10-18-16(12)15/h1-2,4-5,7-8,10,15,19H,3,6,9,11H2. The maximum absolute atomic E-state index is 4.56. The van der Waals surface area contributed by atoms with E-state index < -0.39 is 0 Å². The van der Waals surface area contributed by atoms with Crippen LogP contribution >= 0.6 is 15.9 Å². The average molecular weight is 317 g/mol. The molecule has 1 aromatic heterocycles. The summed E-state index contributed by atoms with van der Waals surface area (Å²) in [7, 11) is 0. The van der Waals surface area contributed by atoms with Crippen LogP contribution in [0.5, 0.6) is 0 Å². The number of nitrogens with one attached hydrogen (secondary N) is 1. The van der Waals surface area contributed by atoms with Crippen LogP contribution in [0.2, 0.25) is 0 Å². The Bertz CT molecular complexity index is 568. The molecule has 2 nitrogen and oxygen atoms in total. The van der Waals surface area contributed by atoms with Crippen LogP contribution in [0.15, 0.2) is 47.1 Å². The van der Waals surface area contributed by atoms with E-state index in [1.165, 1.54) is 34.1 Å². The minimum atomic E-state index is 0.386. The molecule has 0 fully saturated rings. The second-order valence-electron chi connectivity index (χ2n) is 4.96. The Balaban J connectivity index is 1.73. The summed E-state index contributed by atoms with van der Waals surface area (Å²) < 4.78 is 1.17. The lowest BCUT2D eigenvalue weighted by molar-refractivity contribution is 0.447. The predicted octanol–water partition coefficient (Wildman–Crippen LogP) is 4.01. The molecule has 1 unspecified atom stereocenters. The lowest BCUT2D eigenvalue weighted by Crippen LogP contribution is -2.26. The number of rotatable bonds is 3. The summed E-state index contributed by atoms with van der Waals surface area (Å²) in [6.07, 6.45) is 5.48. The monoisotopic (exact) mass is 316 g/mol. The molecule has 0 spiro atoms. The Kier molecular flexibility index (Phi) is 3.95. The van der Waals surface area contributed by atoms with Crippen molar-refractivity contribution >= 4 is 15.9 Å². The fraction of sp³-hybridized carbons (Fsp3) is 0.312. The van der Waals surface area contributed by atoms with E-state index in [0.717, 1.165) is 13.0 Å². The number of nitrogens with zero attached hydrogens (tertiary/aromatic N) is 1. The number of halogens is 1. The minimum Gasteiger partial charge on any atom is -0.304 e. The zero-order valence-corrected chi connectivity index (χ0v) is 12.4. The highest BCUT2D eigenvalue weighted by Gasteiger charge is 2.20. The fourth-order valence-corrected chi connectivity index (χ4v) is 3.11. The van der Waals surface area contributed by atoms with E-state index in [-0.39, 0.29) is 0 Å². The molecule has 0 aliphatic heterocycles. The first kappa shape index (κ1) is 12.8. The van der Waals surface area contributed by atoms with Gasteiger partial charge in [-0.15, -0.1) is 0 Å². The second-order valence-corrected chi connectivity index (χ2v) is 5.82. The zero-order valence-electron chi connectivity index (χ0n) is 10.8. The number of pyridine rings is 1. The molecule has 0 amide bonds. The van der Waals surface area contributed by atoms with Crippen LogP contribution in [0.1, 0.15) is 35.7 Å². The number of hydrogen-bond donors (Lipinski definition) is 1. The Labute approximate surface area is 122 Å². The molecule has 1 heterocycles. The van der Waals surface area contributed by atoms with Gasteiger partial charge in [0.05, 0.1) is 11.7 Å². The first-order valence-electron chi connectivity index (χ1n) is 6.75. The van der Waals surface area contributed by atoms with Crippen LogP contribution in [-0.4, -0.2) is 4.98 Å². The quantitative estimate of drug-likeness (QED) is 0.925. The molecule has 2 aromatic rings. The van der Waals surface area contributed by atoms with Gasteiger partial charge in [-0.2, -0.15) is 0 Å². The number of aromatic nitrogens is 1. The van der Waals surface area contributed by atoms with Gasteiger partial charge in [0.15, 0.2) is 0 Å². The molecule has 0 saturated carbocycles. The van der Waals surface area contributed by atoms with Crippen molar-refractivity contribution in [1.29, 1.82) is 0 Å². The molecule has 0 radical (unpaired) electrons. The Hall–Kier alpha value is -1.19. The van der Waals surface area contributed by atoms with Gasteiger partial charge in [0, 0.05) is 17.2 Å². The Morgan fingerprint density at radius 1 is 1.21 bits per heavy atom. The lowest BCUT2D eigenvalue weighted by atomic mass is 9.92. The molecular formula is C16H17BrN2. The zero-order chi connectivity index (χ0) is 13.1. The number of aryl methyl sites for hydroxylation is 1. The van der Waals surface area contributed by atoms with E-state index >= 15 is 0 Å². The number of hydrogen-bond acceptors (Lipinski definition) is 2. The van der Waals surface area contributed by atoms with E-state index in [2.05, 4.69) is 50.5 Å². The van der Waals surface area contributed by atoms with Crippen molar-refractivity contribution in [3.8, 4) is 0 Å². The van der Waals surface area contributed by atoms with Crippen LogP contribution in [0.4, 0.5) is 0 Å². The van der Waals surface area contributed by atoms with E-state index in [4.69, 9.17) is 0 Å². The molecule has 0 saturated heterocycles. The van der Waals surface area contributed by atoms with E-state index in [9.17, 15) is 0 Å². The van der Waals surface area contributed by atoms with Crippen molar-refractivity contribution in [3.63, 3.8) is 0 Å². The van der Waals surface area contributed by atoms with Crippen molar-refractivity contribution in [2.45, 2.75) is 31.8 Å². The smallest absolute Gasteiger partial charge is 0.0605 e. The summed E-state index contributed by atoms with van der Waals surface area (Å²) in [4.78, 5) is 4.56. The highest BCUT2D eigenvalue weighted by atomic mass is 79.9. The van der Waals surface area contributed by atoms with Crippen LogP contribution in [0.25, 0.3) is 0 Å². The first-order chi connectivity index (χ1) is 9.34. The van der Waals surface area contributed by atoms with Crippen LogP contribution in [-0.2, 0) is 13.0 Å². The van der Waals surface area contributed by atoms with Gasteiger partial charge in [-0.05, 0) is 42.5 Å². The van der Waals surface area contributed by atoms with E-state index in [1.807, 2.05) is 18.3 Å². The van der Waals surface area contributed by atoms with Crippen LogP contribution in [0, 0.1) is 0 Å². The summed E-state index contributed by atoms with van der Waals surface area (Å²) in [6.45, 7) is 0.877. The van der Waals surface area contributed by atoms with Gasteiger partial charge in [0.1, 0.15) is 0 Å². The van der Waals surface area contributed by atoms with Crippen LogP contribution < -0.4 is 5.32 Å². The van der Waals surface area contributed by atoms with Crippen molar-refractivity contribution in [2.24, 2.45) is 0 Å². The maximum atomic E-state index is 4.56. The summed E-state index contributed by atoms with van der Waals surface area (Å²) in [5.74, 6) is 0. The normalized spacial score (nSPS) is 18.1. The van der Waals surface area contributed by atoms with Crippen LogP contribution in [0.3, 0.4) is 0 Å². The molecule has 19 heavy (non-hydrogen) atoms. The molecule has 98 valence electrons. The molecular weight excluding hydrogens is 300 g/mol. The molecule has 0 bridgehead atoms. The third kappa shape index (κ3) is 2.88. The Morgan fingerprint density at radius 2 is 2.11 bits per heavy atom. The second kappa shape index (κ2) is 5.85. The molecule has 1 aliphatic carbocycles. The summed E-state index contributed by atoms with van der Waals surface area (Å²) in [6, 6.07) is 13.0. The third-order valence-electron chi connectivity index (χ3n) is 3.69. The average Bonchev–Trinajstić information content (AvgIpc) is 2.46. The van der Waals surface area contributed by atoms with Gasteiger partial charge in [0.2, 0.25) is 0 Å². The third-order valence-corrected chi connectivity index (χ3v) is 4.47. The molecule has 1 atom stereocenters. The van der Waals surface area contributed by atoms with Gasteiger partial charge in [-0.3, -0.25) is 4.98 Å². The van der Waals surface area contributed by atoms with Gasteiger partial charge in [-0.1, -0.05) is 40.2 Å². The van der Waals surface area contributed by atoms with E-state index in [1.54, 1.807) is 0 Å². The van der Waals surface area contributed by atoms with Crippen molar-refractivity contribution in [2.75, 3.05) is 0 Å². The minimum absolute atomic E-state index is 0.386. The summed E-state index contributed by atoms with van der Waals surface area (Å²) in [5, 5.41) is 3.64. The highest BCUT2D eigenvalue weighted by molar-refractivity contribution is 9.10. The van der Waals surface area contributed by atoms with Gasteiger partial charge in [-0.25, -0.2) is 0 Å². The first-order valence-corrected chi connectivity index (χ1v) is 7.54.